The largest absolute Gasteiger partial charge is 0.253 e. The Morgan fingerprint density at radius 2 is 0.772 bits per heavy atom. The van der Waals surface area contributed by atoms with Crippen LogP contribution in [0.1, 0.15) is 5.69 Å². The molecular formula is C54H37N3. The van der Waals surface area contributed by atoms with Gasteiger partial charge in [0.05, 0.1) is 17.1 Å². The van der Waals surface area contributed by atoms with Gasteiger partial charge < -0.3 is 0 Å². The number of hydrogen-bond donors (Lipinski definition) is 0. The molecule has 0 fully saturated rings. The summed E-state index contributed by atoms with van der Waals surface area (Å²) in [6, 6.07) is 73.1. The summed E-state index contributed by atoms with van der Waals surface area (Å²) in [7, 11) is 0. The fourth-order valence-corrected chi connectivity index (χ4v) is 7.90. The van der Waals surface area contributed by atoms with E-state index in [1.807, 2.05) is 25.1 Å². The van der Waals surface area contributed by atoms with Gasteiger partial charge in [0.15, 0.2) is 5.82 Å². The Hall–Kier alpha value is -7.49. The lowest BCUT2D eigenvalue weighted by Gasteiger charge is -2.16. The van der Waals surface area contributed by atoms with Crippen LogP contribution in [0.2, 0.25) is 0 Å². The Morgan fingerprint density at radius 1 is 0.281 bits per heavy atom. The second-order valence-electron chi connectivity index (χ2n) is 14.5. The van der Waals surface area contributed by atoms with E-state index in [9.17, 15) is 0 Å². The van der Waals surface area contributed by atoms with Gasteiger partial charge in [-0.15, -0.1) is 0 Å². The molecule has 0 aliphatic heterocycles. The molecule has 0 atom stereocenters. The van der Waals surface area contributed by atoms with Crippen molar-refractivity contribution < 1.29 is 0 Å². The van der Waals surface area contributed by atoms with E-state index in [4.69, 9.17) is 15.0 Å². The van der Waals surface area contributed by atoms with E-state index >= 15 is 0 Å². The highest BCUT2D eigenvalue weighted by Gasteiger charge is 2.17. The van der Waals surface area contributed by atoms with Crippen molar-refractivity contribution in [2.75, 3.05) is 0 Å². The number of aryl methyl sites for hydroxylation is 1. The first-order valence-corrected chi connectivity index (χ1v) is 19.3. The Balaban J connectivity index is 1.17. The van der Waals surface area contributed by atoms with Crippen LogP contribution in [-0.2, 0) is 0 Å². The number of fused-ring (bicyclic) bond motifs is 2. The maximum absolute atomic E-state index is 5.27. The first-order valence-electron chi connectivity index (χ1n) is 19.3. The molecule has 0 bridgehead atoms. The van der Waals surface area contributed by atoms with Crippen molar-refractivity contribution >= 4 is 21.5 Å². The summed E-state index contributed by atoms with van der Waals surface area (Å²) in [6.07, 6.45) is 0. The van der Waals surface area contributed by atoms with Crippen LogP contribution in [-0.4, -0.2) is 15.0 Å². The van der Waals surface area contributed by atoms with E-state index in [0.29, 0.717) is 5.82 Å². The third kappa shape index (κ3) is 6.77. The zero-order chi connectivity index (χ0) is 38.1. The van der Waals surface area contributed by atoms with E-state index in [1.165, 1.54) is 27.1 Å². The molecule has 10 rings (SSSR count). The van der Waals surface area contributed by atoms with E-state index in [0.717, 1.165) is 72.8 Å². The van der Waals surface area contributed by atoms with Gasteiger partial charge in [0.2, 0.25) is 0 Å². The lowest BCUT2D eigenvalue weighted by atomic mass is 9.89. The van der Waals surface area contributed by atoms with E-state index < -0.39 is 0 Å². The van der Waals surface area contributed by atoms with Gasteiger partial charge >= 0.3 is 0 Å². The van der Waals surface area contributed by atoms with Crippen molar-refractivity contribution in [2.24, 2.45) is 0 Å². The molecule has 2 aromatic heterocycles. The summed E-state index contributed by atoms with van der Waals surface area (Å²) in [5.74, 6) is 0.682. The molecule has 57 heavy (non-hydrogen) atoms. The average Bonchev–Trinajstić information content (AvgIpc) is 3.28. The molecule has 3 nitrogen and oxygen atoms in total. The monoisotopic (exact) mass is 727 g/mol. The maximum atomic E-state index is 5.27. The van der Waals surface area contributed by atoms with Crippen molar-refractivity contribution in [1.82, 2.24) is 15.0 Å². The van der Waals surface area contributed by atoms with Crippen molar-refractivity contribution in [3.63, 3.8) is 0 Å². The minimum atomic E-state index is 0.682. The number of benzene rings is 8. The predicted molar refractivity (Wildman–Crippen MR) is 238 cm³/mol. The molecule has 0 radical (unpaired) electrons. The number of rotatable bonds is 7. The van der Waals surface area contributed by atoms with Gasteiger partial charge in [0.25, 0.3) is 0 Å². The highest BCUT2D eigenvalue weighted by Crippen LogP contribution is 2.41. The Morgan fingerprint density at radius 3 is 1.40 bits per heavy atom. The van der Waals surface area contributed by atoms with Crippen LogP contribution >= 0.6 is 0 Å². The standard InChI is InChI=1S/C54H37N3/c1-36-14-12-25-50(55-36)44-22-13-21-41(30-44)37-26-28-38(29-27-37)45-32-46(53-48-23-10-8-19-42(48)31-43-20-9-11-24-49(43)53)34-47(33-45)54-56-51(39-15-4-2-5-16-39)35-52(57-54)40-17-6-3-7-18-40/h2-35H,1H3. The minimum Gasteiger partial charge on any atom is -0.253 e. The zero-order valence-electron chi connectivity index (χ0n) is 31.5. The first-order chi connectivity index (χ1) is 28.1. The van der Waals surface area contributed by atoms with Crippen molar-refractivity contribution in [2.45, 2.75) is 6.92 Å². The normalized spacial score (nSPS) is 11.2. The first kappa shape index (κ1) is 34.0. The van der Waals surface area contributed by atoms with Crippen molar-refractivity contribution in [3.05, 3.63) is 212 Å². The SMILES string of the molecule is Cc1cccc(-c2cccc(-c3ccc(-c4cc(-c5nc(-c6ccccc6)cc(-c6ccccc6)n5)cc(-c5c6ccccc6cc6ccccc56)c4)cc3)c2)n1. The molecule has 0 amide bonds. The molecule has 10 aromatic rings. The second kappa shape index (κ2) is 14.6. The molecule has 2 heterocycles. The topological polar surface area (TPSA) is 38.7 Å². The summed E-state index contributed by atoms with van der Waals surface area (Å²) in [5, 5.41) is 4.83. The molecule has 3 heteroatoms. The Bertz CT molecular complexity index is 2950. The summed E-state index contributed by atoms with van der Waals surface area (Å²) < 4.78 is 0. The lowest BCUT2D eigenvalue weighted by molar-refractivity contribution is 1.18. The summed E-state index contributed by atoms with van der Waals surface area (Å²) in [5.41, 5.74) is 14.7. The second-order valence-corrected chi connectivity index (χ2v) is 14.5. The number of hydrogen-bond acceptors (Lipinski definition) is 3. The number of pyridine rings is 1. The number of aromatic nitrogens is 3. The van der Waals surface area contributed by atoms with Crippen molar-refractivity contribution in [1.29, 1.82) is 0 Å². The van der Waals surface area contributed by atoms with Crippen LogP contribution in [0.15, 0.2) is 206 Å². The van der Waals surface area contributed by atoms with Crippen LogP contribution in [0.25, 0.3) is 100 Å². The van der Waals surface area contributed by atoms with E-state index in [1.54, 1.807) is 0 Å². The molecular weight excluding hydrogens is 691 g/mol. The van der Waals surface area contributed by atoms with E-state index in [-0.39, 0.29) is 0 Å². The average molecular weight is 728 g/mol. The maximum Gasteiger partial charge on any atom is 0.160 e. The molecule has 0 saturated heterocycles. The smallest absolute Gasteiger partial charge is 0.160 e. The molecule has 0 aliphatic rings. The fraction of sp³-hybridized carbons (Fsp3) is 0.0185. The molecule has 0 N–H and O–H groups in total. The summed E-state index contributed by atoms with van der Waals surface area (Å²) in [6.45, 7) is 2.03. The quantitative estimate of drug-likeness (QED) is 0.153. The fourth-order valence-electron chi connectivity index (χ4n) is 7.90. The molecule has 0 spiro atoms. The van der Waals surface area contributed by atoms with Gasteiger partial charge in [0.1, 0.15) is 0 Å². The van der Waals surface area contributed by atoms with Gasteiger partial charge in [-0.25, -0.2) is 9.97 Å². The van der Waals surface area contributed by atoms with Crippen LogP contribution < -0.4 is 0 Å². The van der Waals surface area contributed by atoms with Gasteiger partial charge in [-0.1, -0.05) is 158 Å². The van der Waals surface area contributed by atoms with Gasteiger partial charge in [-0.2, -0.15) is 0 Å². The number of nitrogens with zero attached hydrogens (tertiary/aromatic N) is 3. The molecule has 0 unspecified atom stereocenters. The predicted octanol–water partition coefficient (Wildman–Crippen LogP) is 14.2. The third-order valence-corrected chi connectivity index (χ3v) is 10.7. The Labute approximate surface area is 332 Å². The Kier molecular flexibility index (Phi) is 8.74. The van der Waals surface area contributed by atoms with Crippen molar-refractivity contribution in [3.8, 4) is 78.5 Å². The van der Waals surface area contributed by atoms with E-state index in [2.05, 4.69) is 188 Å². The molecule has 0 aliphatic carbocycles. The van der Waals surface area contributed by atoms with Gasteiger partial charge in [-0.3, -0.25) is 4.98 Å². The summed E-state index contributed by atoms with van der Waals surface area (Å²) in [4.78, 5) is 15.3. The molecule has 268 valence electrons. The summed E-state index contributed by atoms with van der Waals surface area (Å²) >= 11 is 0. The van der Waals surface area contributed by atoms with Gasteiger partial charge in [0, 0.05) is 27.9 Å². The minimum absolute atomic E-state index is 0.682. The molecule has 8 aromatic carbocycles. The van der Waals surface area contributed by atoms with Crippen LogP contribution in [0.5, 0.6) is 0 Å². The zero-order valence-corrected chi connectivity index (χ0v) is 31.5. The van der Waals surface area contributed by atoms with Crippen LogP contribution in [0.3, 0.4) is 0 Å². The highest BCUT2D eigenvalue weighted by molar-refractivity contribution is 6.13. The third-order valence-electron chi connectivity index (χ3n) is 10.7. The highest BCUT2D eigenvalue weighted by atomic mass is 14.9. The van der Waals surface area contributed by atoms with Crippen LogP contribution in [0.4, 0.5) is 0 Å². The lowest BCUT2D eigenvalue weighted by Crippen LogP contribution is -1.97. The van der Waals surface area contributed by atoms with Crippen LogP contribution in [0, 0.1) is 6.92 Å². The molecule has 0 saturated carbocycles. The van der Waals surface area contributed by atoms with Gasteiger partial charge in [-0.05, 0) is 110 Å².